The highest BCUT2D eigenvalue weighted by atomic mass is 19.4. The van der Waals surface area contributed by atoms with Gasteiger partial charge in [-0.3, -0.25) is 9.59 Å². The minimum absolute atomic E-state index is 0.00304. The van der Waals surface area contributed by atoms with E-state index in [1.54, 1.807) is 0 Å². The normalized spacial score (nSPS) is 13.8. The number of hydrogen-bond acceptors (Lipinski definition) is 3. The standard InChI is InChI=1S/C19H27F3N2O3/c1-2-3-4-5-6-7-8-15(17(23)26)24-18(27)16(25)13-9-11-14(12-10-13)19(20,21)22/h9-12,15-16,25H,2-8H2,1H3,(H2,23,26)(H,24,27)/t15-,16+/m1/s1. The van der Waals surface area contributed by atoms with Crippen molar-refractivity contribution in [3.63, 3.8) is 0 Å². The Balaban J connectivity index is 2.58. The van der Waals surface area contributed by atoms with Gasteiger partial charge in [-0.2, -0.15) is 13.2 Å². The van der Waals surface area contributed by atoms with E-state index < -0.39 is 35.7 Å². The lowest BCUT2D eigenvalue weighted by Crippen LogP contribution is -2.46. The van der Waals surface area contributed by atoms with E-state index in [1.807, 2.05) is 0 Å². The van der Waals surface area contributed by atoms with E-state index in [2.05, 4.69) is 12.2 Å². The number of amides is 2. The highest BCUT2D eigenvalue weighted by Crippen LogP contribution is 2.30. The molecule has 1 aromatic carbocycles. The Bertz CT molecular complexity index is 603. The third kappa shape index (κ3) is 7.99. The monoisotopic (exact) mass is 388 g/mol. The maximum Gasteiger partial charge on any atom is 0.416 e. The number of carbonyl (C=O) groups excluding carboxylic acids is 2. The predicted molar refractivity (Wildman–Crippen MR) is 95.5 cm³/mol. The summed E-state index contributed by atoms with van der Waals surface area (Å²) < 4.78 is 37.7. The zero-order valence-corrected chi connectivity index (χ0v) is 15.4. The van der Waals surface area contributed by atoms with Crippen molar-refractivity contribution < 1.29 is 27.9 Å². The molecule has 0 aromatic heterocycles. The number of hydrogen-bond donors (Lipinski definition) is 3. The van der Waals surface area contributed by atoms with Crippen molar-refractivity contribution in [2.75, 3.05) is 0 Å². The fourth-order valence-corrected chi connectivity index (χ4v) is 2.67. The molecule has 0 aliphatic rings. The second-order valence-electron chi connectivity index (χ2n) is 6.54. The highest BCUT2D eigenvalue weighted by molar-refractivity contribution is 5.88. The van der Waals surface area contributed by atoms with Crippen LogP contribution in [0.15, 0.2) is 24.3 Å². The number of nitrogens with one attached hydrogen (secondary N) is 1. The average molecular weight is 388 g/mol. The zero-order valence-electron chi connectivity index (χ0n) is 15.4. The molecule has 152 valence electrons. The molecule has 0 radical (unpaired) electrons. The van der Waals surface area contributed by atoms with Crippen molar-refractivity contribution in [3.05, 3.63) is 35.4 Å². The van der Waals surface area contributed by atoms with Gasteiger partial charge in [0, 0.05) is 0 Å². The number of aliphatic hydroxyl groups is 1. The van der Waals surface area contributed by atoms with Crippen LogP contribution < -0.4 is 11.1 Å². The molecule has 0 unspecified atom stereocenters. The SMILES string of the molecule is CCCCCCCC[C@@H](NC(=O)[C@@H](O)c1ccc(C(F)(F)F)cc1)C(N)=O. The number of halogens is 3. The summed E-state index contributed by atoms with van der Waals surface area (Å²) in [7, 11) is 0. The van der Waals surface area contributed by atoms with Gasteiger partial charge in [-0.15, -0.1) is 0 Å². The van der Waals surface area contributed by atoms with Crippen LogP contribution in [0.3, 0.4) is 0 Å². The molecule has 1 aromatic rings. The molecule has 1 rings (SSSR count). The number of primary amides is 1. The molecule has 5 nitrogen and oxygen atoms in total. The average Bonchev–Trinajstić information content (AvgIpc) is 2.62. The van der Waals surface area contributed by atoms with Gasteiger partial charge >= 0.3 is 6.18 Å². The molecule has 0 bridgehead atoms. The van der Waals surface area contributed by atoms with E-state index in [1.165, 1.54) is 0 Å². The summed E-state index contributed by atoms with van der Waals surface area (Å²) in [5.41, 5.74) is 4.42. The molecule has 27 heavy (non-hydrogen) atoms. The summed E-state index contributed by atoms with van der Waals surface area (Å²) in [6, 6.07) is 2.70. The van der Waals surface area contributed by atoms with Crippen LogP contribution in [0.25, 0.3) is 0 Å². The van der Waals surface area contributed by atoms with Gasteiger partial charge in [0.05, 0.1) is 5.56 Å². The molecule has 0 fully saturated rings. The Labute approximate surface area is 157 Å². The van der Waals surface area contributed by atoms with Gasteiger partial charge in [-0.05, 0) is 24.1 Å². The van der Waals surface area contributed by atoms with E-state index in [4.69, 9.17) is 5.73 Å². The largest absolute Gasteiger partial charge is 0.416 e. The van der Waals surface area contributed by atoms with E-state index >= 15 is 0 Å². The fourth-order valence-electron chi connectivity index (χ4n) is 2.67. The minimum atomic E-state index is -4.50. The second-order valence-corrected chi connectivity index (χ2v) is 6.54. The smallest absolute Gasteiger partial charge is 0.378 e. The van der Waals surface area contributed by atoms with E-state index in [0.717, 1.165) is 56.4 Å². The summed E-state index contributed by atoms with van der Waals surface area (Å²) in [5, 5.41) is 12.4. The second kappa shape index (κ2) is 10.9. The number of nitrogens with two attached hydrogens (primary N) is 1. The molecule has 2 amide bonds. The lowest BCUT2D eigenvalue weighted by molar-refractivity contribution is -0.137. The van der Waals surface area contributed by atoms with E-state index in [0.29, 0.717) is 12.8 Å². The van der Waals surface area contributed by atoms with Crippen LogP contribution in [-0.4, -0.2) is 23.0 Å². The maximum absolute atomic E-state index is 12.6. The van der Waals surface area contributed by atoms with Crippen molar-refractivity contribution in [1.82, 2.24) is 5.32 Å². The summed E-state index contributed by atoms with van der Waals surface area (Å²) in [4.78, 5) is 23.6. The molecule has 0 aliphatic heterocycles. The first-order valence-electron chi connectivity index (χ1n) is 9.11. The van der Waals surface area contributed by atoms with Crippen molar-refractivity contribution in [2.24, 2.45) is 5.73 Å². The Morgan fingerprint density at radius 2 is 1.63 bits per heavy atom. The van der Waals surface area contributed by atoms with Crippen LogP contribution in [0.4, 0.5) is 13.2 Å². The number of rotatable bonds is 11. The van der Waals surface area contributed by atoms with E-state index in [9.17, 15) is 27.9 Å². The molecular formula is C19H27F3N2O3. The topological polar surface area (TPSA) is 92.4 Å². The zero-order chi connectivity index (χ0) is 20.4. The number of unbranched alkanes of at least 4 members (excludes halogenated alkanes) is 5. The third-order valence-corrected chi connectivity index (χ3v) is 4.31. The Morgan fingerprint density at radius 3 is 2.15 bits per heavy atom. The van der Waals surface area contributed by atoms with Gasteiger partial charge < -0.3 is 16.2 Å². The number of aliphatic hydroxyl groups excluding tert-OH is 1. The molecule has 0 saturated heterocycles. The highest BCUT2D eigenvalue weighted by Gasteiger charge is 2.31. The summed E-state index contributed by atoms with van der Waals surface area (Å²) in [6.45, 7) is 2.11. The molecule has 8 heteroatoms. The van der Waals surface area contributed by atoms with Gasteiger partial charge in [-0.1, -0.05) is 57.6 Å². The molecule has 4 N–H and O–H groups in total. The summed E-state index contributed by atoms with van der Waals surface area (Å²) >= 11 is 0. The maximum atomic E-state index is 12.6. The van der Waals surface area contributed by atoms with Gasteiger partial charge in [-0.25, -0.2) is 0 Å². The van der Waals surface area contributed by atoms with Gasteiger partial charge in [0.1, 0.15) is 6.04 Å². The Kier molecular flexibility index (Phi) is 9.28. The van der Waals surface area contributed by atoms with Gasteiger partial charge in [0.2, 0.25) is 5.91 Å². The van der Waals surface area contributed by atoms with Crippen LogP contribution in [-0.2, 0) is 15.8 Å². The Morgan fingerprint density at radius 1 is 1.07 bits per heavy atom. The lowest BCUT2D eigenvalue weighted by Gasteiger charge is -2.18. The van der Waals surface area contributed by atoms with Crippen LogP contribution in [0.2, 0.25) is 0 Å². The third-order valence-electron chi connectivity index (χ3n) is 4.31. The summed E-state index contributed by atoms with van der Waals surface area (Å²) in [5.74, 6) is -1.58. The van der Waals surface area contributed by atoms with Crippen LogP contribution >= 0.6 is 0 Å². The van der Waals surface area contributed by atoms with Gasteiger partial charge in [0.25, 0.3) is 5.91 Å². The molecule has 0 heterocycles. The first-order valence-corrected chi connectivity index (χ1v) is 9.11. The molecule has 0 saturated carbocycles. The number of carbonyl (C=O) groups is 2. The van der Waals surface area contributed by atoms with Crippen LogP contribution in [0.5, 0.6) is 0 Å². The predicted octanol–water partition coefficient (Wildman–Crippen LogP) is 3.46. The summed E-state index contributed by atoms with van der Waals surface area (Å²) in [6.07, 6.45) is 0.190. The Hall–Kier alpha value is -2.09. The molecule has 0 spiro atoms. The first kappa shape index (κ1) is 23.0. The van der Waals surface area contributed by atoms with Crippen LogP contribution in [0, 0.1) is 0 Å². The van der Waals surface area contributed by atoms with Gasteiger partial charge in [0.15, 0.2) is 6.10 Å². The van der Waals surface area contributed by atoms with Crippen molar-refractivity contribution >= 4 is 11.8 Å². The van der Waals surface area contributed by atoms with Crippen molar-refractivity contribution in [3.8, 4) is 0 Å². The first-order chi connectivity index (χ1) is 12.7. The minimum Gasteiger partial charge on any atom is -0.378 e. The van der Waals surface area contributed by atoms with Crippen molar-refractivity contribution in [1.29, 1.82) is 0 Å². The number of benzene rings is 1. The quantitative estimate of drug-likeness (QED) is 0.507. The van der Waals surface area contributed by atoms with Crippen molar-refractivity contribution in [2.45, 2.75) is 70.2 Å². The molecule has 0 aliphatic carbocycles. The molecule has 2 atom stereocenters. The number of alkyl halides is 3. The van der Waals surface area contributed by atoms with E-state index in [-0.39, 0.29) is 5.56 Å². The fraction of sp³-hybridized carbons (Fsp3) is 0.579. The molecular weight excluding hydrogens is 361 g/mol. The lowest BCUT2D eigenvalue weighted by atomic mass is 10.0. The van der Waals surface area contributed by atoms with Crippen LogP contribution in [0.1, 0.15) is 69.1 Å².